The van der Waals surface area contributed by atoms with Crippen LogP contribution >= 0.6 is 24.0 Å². The standard InChI is InChI=1S/C13H18N2OS2/c1-3-6-12(16)14-10-7-5-8-11(9-10)15-13(17)18-4-2/h5,7-9H,3-4,6H2,1-2H3,(H,14,16)(H,15,17). The van der Waals surface area contributed by atoms with Crippen LogP contribution in [0.15, 0.2) is 24.3 Å². The smallest absolute Gasteiger partial charge is 0.224 e. The van der Waals surface area contributed by atoms with Crippen molar-refractivity contribution < 1.29 is 4.79 Å². The van der Waals surface area contributed by atoms with Crippen molar-refractivity contribution in [1.82, 2.24) is 0 Å². The van der Waals surface area contributed by atoms with Crippen LogP contribution < -0.4 is 10.6 Å². The fourth-order valence-electron chi connectivity index (χ4n) is 1.41. The van der Waals surface area contributed by atoms with Gasteiger partial charge in [0.2, 0.25) is 5.91 Å². The molecule has 18 heavy (non-hydrogen) atoms. The van der Waals surface area contributed by atoms with Crippen molar-refractivity contribution in [1.29, 1.82) is 0 Å². The Morgan fingerprint density at radius 1 is 1.28 bits per heavy atom. The van der Waals surface area contributed by atoms with E-state index in [4.69, 9.17) is 12.2 Å². The molecule has 1 amide bonds. The molecule has 0 fully saturated rings. The molecule has 1 aromatic rings. The number of carbonyl (C=O) groups excluding carboxylic acids is 1. The van der Waals surface area contributed by atoms with Gasteiger partial charge in [-0.3, -0.25) is 4.79 Å². The van der Waals surface area contributed by atoms with Crippen molar-refractivity contribution in [3.8, 4) is 0 Å². The van der Waals surface area contributed by atoms with E-state index in [0.29, 0.717) is 6.42 Å². The molecule has 98 valence electrons. The number of thiocarbonyl (C=S) groups is 1. The summed E-state index contributed by atoms with van der Waals surface area (Å²) in [5, 5.41) is 5.99. The third-order valence-electron chi connectivity index (χ3n) is 2.15. The SMILES string of the molecule is CCCC(=O)Nc1cccc(NC(=S)SCC)c1. The second-order valence-electron chi connectivity index (χ2n) is 3.72. The molecule has 0 radical (unpaired) electrons. The molecule has 0 aliphatic rings. The number of anilines is 2. The van der Waals surface area contributed by atoms with Gasteiger partial charge in [0.25, 0.3) is 0 Å². The molecule has 0 bridgehead atoms. The van der Waals surface area contributed by atoms with Crippen LogP contribution in [0.5, 0.6) is 0 Å². The number of hydrogen-bond donors (Lipinski definition) is 2. The molecule has 0 aromatic heterocycles. The Morgan fingerprint density at radius 2 is 1.94 bits per heavy atom. The number of rotatable bonds is 5. The van der Waals surface area contributed by atoms with Crippen LogP contribution in [-0.2, 0) is 4.79 Å². The van der Waals surface area contributed by atoms with Gasteiger partial charge in [-0.1, -0.05) is 43.9 Å². The van der Waals surface area contributed by atoms with Gasteiger partial charge in [0.05, 0.1) is 0 Å². The second-order valence-corrected chi connectivity index (χ2v) is 5.67. The average molecular weight is 282 g/mol. The maximum atomic E-state index is 11.5. The highest BCUT2D eigenvalue weighted by Gasteiger charge is 2.02. The van der Waals surface area contributed by atoms with Crippen molar-refractivity contribution in [2.45, 2.75) is 26.7 Å². The van der Waals surface area contributed by atoms with Gasteiger partial charge in [0, 0.05) is 17.8 Å². The first-order valence-corrected chi connectivity index (χ1v) is 7.38. The number of benzene rings is 1. The summed E-state index contributed by atoms with van der Waals surface area (Å²) in [7, 11) is 0. The van der Waals surface area contributed by atoms with E-state index in [-0.39, 0.29) is 5.91 Å². The van der Waals surface area contributed by atoms with Gasteiger partial charge < -0.3 is 10.6 Å². The van der Waals surface area contributed by atoms with E-state index in [9.17, 15) is 4.79 Å². The predicted octanol–water partition coefficient (Wildman–Crippen LogP) is 3.88. The van der Waals surface area contributed by atoms with Gasteiger partial charge in [-0.15, -0.1) is 0 Å². The molecule has 1 aromatic carbocycles. The highest BCUT2D eigenvalue weighted by Crippen LogP contribution is 2.17. The lowest BCUT2D eigenvalue weighted by molar-refractivity contribution is -0.116. The van der Waals surface area contributed by atoms with E-state index < -0.39 is 0 Å². The van der Waals surface area contributed by atoms with Crippen molar-refractivity contribution in [3.63, 3.8) is 0 Å². The first-order valence-electron chi connectivity index (χ1n) is 5.99. The summed E-state index contributed by atoms with van der Waals surface area (Å²) in [6, 6.07) is 7.58. The molecule has 0 unspecified atom stereocenters. The molecule has 5 heteroatoms. The largest absolute Gasteiger partial charge is 0.341 e. The predicted molar refractivity (Wildman–Crippen MR) is 84.3 cm³/mol. The third kappa shape index (κ3) is 5.51. The molecule has 0 saturated carbocycles. The van der Waals surface area contributed by atoms with Gasteiger partial charge >= 0.3 is 0 Å². The molecule has 0 aliphatic carbocycles. The maximum absolute atomic E-state index is 11.5. The highest BCUT2D eigenvalue weighted by molar-refractivity contribution is 8.23. The van der Waals surface area contributed by atoms with Gasteiger partial charge in [0.15, 0.2) is 0 Å². The first-order chi connectivity index (χ1) is 8.65. The van der Waals surface area contributed by atoms with Crippen LogP contribution in [0.1, 0.15) is 26.7 Å². The average Bonchev–Trinajstić information content (AvgIpc) is 2.29. The summed E-state index contributed by atoms with van der Waals surface area (Å²) in [6.07, 6.45) is 1.39. The summed E-state index contributed by atoms with van der Waals surface area (Å²) in [5.41, 5.74) is 1.69. The van der Waals surface area contributed by atoms with Crippen LogP contribution in [0.2, 0.25) is 0 Å². The van der Waals surface area contributed by atoms with E-state index in [0.717, 1.165) is 27.9 Å². The van der Waals surface area contributed by atoms with E-state index in [1.165, 1.54) is 0 Å². The Kier molecular flexibility index (Phi) is 6.75. The van der Waals surface area contributed by atoms with E-state index in [1.807, 2.05) is 31.2 Å². The quantitative estimate of drug-likeness (QED) is 0.804. The number of amides is 1. The zero-order valence-corrected chi connectivity index (χ0v) is 12.3. The summed E-state index contributed by atoms with van der Waals surface area (Å²) < 4.78 is 0.745. The topological polar surface area (TPSA) is 41.1 Å². The van der Waals surface area contributed by atoms with Crippen molar-refractivity contribution in [3.05, 3.63) is 24.3 Å². The van der Waals surface area contributed by atoms with Crippen LogP contribution in [-0.4, -0.2) is 16.0 Å². The minimum absolute atomic E-state index is 0.0418. The Hall–Kier alpha value is -1.07. The first kappa shape index (κ1) is 15.0. The van der Waals surface area contributed by atoms with Crippen molar-refractivity contribution in [2.24, 2.45) is 0 Å². The maximum Gasteiger partial charge on any atom is 0.224 e. The monoisotopic (exact) mass is 282 g/mol. The second kappa shape index (κ2) is 8.11. The summed E-state index contributed by atoms with van der Waals surface area (Å²) in [6.45, 7) is 4.04. The van der Waals surface area contributed by atoms with Gasteiger partial charge in [-0.2, -0.15) is 0 Å². The Balaban J connectivity index is 2.61. The molecule has 2 N–H and O–H groups in total. The minimum Gasteiger partial charge on any atom is -0.341 e. The van der Waals surface area contributed by atoms with Crippen molar-refractivity contribution in [2.75, 3.05) is 16.4 Å². The summed E-state index contributed by atoms with van der Waals surface area (Å²) in [5.74, 6) is 0.985. The normalized spacial score (nSPS) is 9.89. The number of nitrogens with one attached hydrogen (secondary N) is 2. The zero-order valence-electron chi connectivity index (χ0n) is 10.7. The molecular weight excluding hydrogens is 264 g/mol. The molecule has 0 heterocycles. The van der Waals surface area contributed by atoms with Gasteiger partial charge in [-0.25, -0.2) is 0 Å². The van der Waals surface area contributed by atoms with E-state index in [2.05, 4.69) is 17.6 Å². The number of carbonyl (C=O) groups is 1. The van der Waals surface area contributed by atoms with Crippen LogP contribution in [0.3, 0.4) is 0 Å². The third-order valence-corrected chi connectivity index (χ3v) is 3.25. The number of thioether (sulfide) groups is 1. The van der Waals surface area contributed by atoms with Crippen molar-refractivity contribution >= 4 is 45.6 Å². The summed E-state index contributed by atoms with van der Waals surface area (Å²) >= 11 is 6.76. The molecule has 0 saturated heterocycles. The lowest BCUT2D eigenvalue weighted by atomic mass is 10.2. The van der Waals surface area contributed by atoms with E-state index in [1.54, 1.807) is 11.8 Å². The molecular formula is C13H18N2OS2. The van der Waals surface area contributed by atoms with Gasteiger partial charge in [-0.05, 0) is 30.4 Å². The Labute approximate surface area is 118 Å². The highest BCUT2D eigenvalue weighted by atomic mass is 32.2. The number of hydrogen-bond acceptors (Lipinski definition) is 3. The molecule has 0 atom stereocenters. The van der Waals surface area contributed by atoms with Crippen LogP contribution in [0.25, 0.3) is 0 Å². The minimum atomic E-state index is 0.0418. The van der Waals surface area contributed by atoms with Crippen LogP contribution in [0, 0.1) is 0 Å². The molecule has 0 aliphatic heterocycles. The molecule has 3 nitrogen and oxygen atoms in total. The zero-order chi connectivity index (χ0) is 13.4. The fraction of sp³-hybridized carbons (Fsp3) is 0.385. The van der Waals surface area contributed by atoms with Crippen LogP contribution in [0.4, 0.5) is 11.4 Å². The fourth-order valence-corrected chi connectivity index (χ4v) is 2.33. The Bertz CT molecular complexity index is 386. The molecule has 0 spiro atoms. The van der Waals surface area contributed by atoms with E-state index >= 15 is 0 Å². The summed E-state index contributed by atoms with van der Waals surface area (Å²) in [4.78, 5) is 11.5. The lowest BCUT2D eigenvalue weighted by Crippen LogP contribution is -2.11. The Morgan fingerprint density at radius 3 is 2.56 bits per heavy atom. The van der Waals surface area contributed by atoms with Gasteiger partial charge in [0.1, 0.15) is 4.32 Å². The lowest BCUT2D eigenvalue weighted by Gasteiger charge is -2.09. The molecule has 1 rings (SSSR count).